The van der Waals surface area contributed by atoms with Crippen molar-refractivity contribution in [3.05, 3.63) is 30.3 Å². The maximum Gasteiger partial charge on any atom is 0.147 e. The van der Waals surface area contributed by atoms with Crippen molar-refractivity contribution in [3.63, 3.8) is 0 Å². The number of sulfone groups is 1. The number of hydrogen-bond acceptors (Lipinski definition) is 4. The highest BCUT2D eigenvalue weighted by Crippen LogP contribution is 2.07. The van der Waals surface area contributed by atoms with Gasteiger partial charge in [-0.05, 0) is 38.1 Å². The van der Waals surface area contributed by atoms with Gasteiger partial charge in [-0.25, -0.2) is 8.42 Å². The van der Waals surface area contributed by atoms with Crippen LogP contribution >= 0.6 is 0 Å². The van der Waals surface area contributed by atoms with Crippen LogP contribution in [-0.4, -0.2) is 40.1 Å². The summed E-state index contributed by atoms with van der Waals surface area (Å²) in [5.41, 5.74) is 0. The molecule has 0 fully saturated rings. The molecule has 1 N–H and O–H groups in total. The number of para-hydroxylation sites is 1. The number of rotatable bonds is 9. The predicted molar refractivity (Wildman–Crippen MR) is 73.8 cm³/mol. The van der Waals surface area contributed by atoms with Crippen LogP contribution in [0.15, 0.2) is 30.3 Å². The van der Waals surface area contributed by atoms with Crippen molar-refractivity contribution in [3.8, 4) is 5.75 Å². The number of ether oxygens (including phenoxy) is 1. The Bertz CT molecular complexity index is 417. The van der Waals surface area contributed by atoms with Crippen LogP contribution in [0.4, 0.5) is 0 Å². The normalized spacial score (nSPS) is 11.4. The monoisotopic (exact) mass is 271 g/mol. The molecule has 0 saturated heterocycles. The van der Waals surface area contributed by atoms with E-state index in [1.807, 2.05) is 30.3 Å². The van der Waals surface area contributed by atoms with Gasteiger partial charge in [0.15, 0.2) is 0 Å². The van der Waals surface area contributed by atoms with Gasteiger partial charge in [0.25, 0.3) is 0 Å². The first-order valence-corrected chi connectivity index (χ1v) is 8.20. The molecule has 0 aliphatic carbocycles. The second-order valence-corrected chi connectivity index (χ2v) is 6.51. The molecule has 0 spiro atoms. The van der Waals surface area contributed by atoms with Crippen LogP contribution in [0, 0.1) is 0 Å². The summed E-state index contributed by atoms with van der Waals surface area (Å²) >= 11 is 0. The van der Waals surface area contributed by atoms with E-state index in [2.05, 4.69) is 5.32 Å². The lowest BCUT2D eigenvalue weighted by Gasteiger charge is -2.06. The lowest BCUT2D eigenvalue weighted by atomic mass is 10.3. The number of nitrogens with one attached hydrogen (secondary N) is 1. The Morgan fingerprint density at radius 2 is 1.78 bits per heavy atom. The molecule has 0 aliphatic heterocycles. The Kier molecular flexibility index (Phi) is 6.75. The van der Waals surface area contributed by atoms with E-state index in [4.69, 9.17) is 4.74 Å². The van der Waals surface area contributed by atoms with Crippen molar-refractivity contribution in [2.24, 2.45) is 0 Å². The molecule has 0 heterocycles. The molecule has 0 aliphatic rings. The van der Waals surface area contributed by atoms with Crippen molar-refractivity contribution in [1.82, 2.24) is 5.32 Å². The van der Waals surface area contributed by atoms with Gasteiger partial charge < -0.3 is 10.1 Å². The van der Waals surface area contributed by atoms with Crippen molar-refractivity contribution in [2.45, 2.75) is 12.8 Å². The van der Waals surface area contributed by atoms with Crippen LogP contribution in [-0.2, 0) is 9.84 Å². The van der Waals surface area contributed by atoms with Gasteiger partial charge in [-0.3, -0.25) is 0 Å². The molecule has 0 bridgehead atoms. The minimum atomic E-state index is -2.82. The summed E-state index contributed by atoms with van der Waals surface area (Å²) < 4.78 is 27.3. The topological polar surface area (TPSA) is 55.4 Å². The summed E-state index contributed by atoms with van der Waals surface area (Å²) in [4.78, 5) is 0. The molecule has 0 aromatic heterocycles. The maximum atomic E-state index is 10.9. The van der Waals surface area contributed by atoms with Gasteiger partial charge in [0, 0.05) is 6.26 Å². The van der Waals surface area contributed by atoms with E-state index in [0.29, 0.717) is 13.0 Å². The average Bonchev–Trinajstić information content (AvgIpc) is 2.32. The van der Waals surface area contributed by atoms with Crippen LogP contribution in [0.3, 0.4) is 0 Å². The van der Waals surface area contributed by atoms with Gasteiger partial charge in [0.2, 0.25) is 0 Å². The van der Waals surface area contributed by atoms with Gasteiger partial charge in [0.05, 0.1) is 12.4 Å². The molecule has 1 aromatic rings. The minimum Gasteiger partial charge on any atom is -0.494 e. The van der Waals surface area contributed by atoms with Gasteiger partial charge in [-0.2, -0.15) is 0 Å². The zero-order valence-electron chi connectivity index (χ0n) is 10.8. The van der Waals surface area contributed by atoms with Gasteiger partial charge in [-0.15, -0.1) is 0 Å². The Morgan fingerprint density at radius 1 is 1.11 bits per heavy atom. The largest absolute Gasteiger partial charge is 0.494 e. The Hall–Kier alpha value is -1.07. The molecular formula is C13H21NO3S. The third-order valence-electron chi connectivity index (χ3n) is 2.38. The van der Waals surface area contributed by atoms with Gasteiger partial charge in [-0.1, -0.05) is 18.2 Å². The molecule has 102 valence electrons. The van der Waals surface area contributed by atoms with Crippen molar-refractivity contribution >= 4 is 9.84 Å². The molecule has 0 atom stereocenters. The van der Waals surface area contributed by atoms with Crippen LogP contribution < -0.4 is 10.1 Å². The van der Waals surface area contributed by atoms with E-state index in [9.17, 15) is 8.42 Å². The molecular weight excluding hydrogens is 250 g/mol. The van der Waals surface area contributed by atoms with Crippen LogP contribution in [0.25, 0.3) is 0 Å². The lowest BCUT2D eigenvalue weighted by Crippen LogP contribution is -2.20. The fourth-order valence-corrected chi connectivity index (χ4v) is 2.16. The highest BCUT2D eigenvalue weighted by molar-refractivity contribution is 7.90. The summed E-state index contributed by atoms with van der Waals surface area (Å²) in [6.07, 6.45) is 2.84. The Labute approximate surface area is 109 Å². The molecule has 1 rings (SSSR count). The first-order chi connectivity index (χ1) is 8.58. The minimum absolute atomic E-state index is 0.251. The molecule has 18 heavy (non-hydrogen) atoms. The fourth-order valence-electron chi connectivity index (χ4n) is 1.49. The molecule has 0 amide bonds. The second kappa shape index (κ2) is 8.11. The third-order valence-corrected chi connectivity index (χ3v) is 3.41. The molecule has 5 heteroatoms. The first kappa shape index (κ1) is 15.0. The average molecular weight is 271 g/mol. The van der Waals surface area contributed by atoms with Gasteiger partial charge >= 0.3 is 0 Å². The third kappa shape index (κ3) is 8.08. The summed E-state index contributed by atoms with van der Waals surface area (Å²) in [6, 6.07) is 9.70. The molecule has 0 radical (unpaired) electrons. The van der Waals surface area contributed by atoms with E-state index in [0.717, 1.165) is 25.3 Å². The van der Waals surface area contributed by atoms with E-state index in [-0.39, 0.29) is 5.75 Å². The molecule has 0 unspecified atom stereocenters. The van der Waals surface area contributed by atoms with Gasteiger partial charge in [0.1, 0.15) is 15.6 Å². The zero-order chi connectivity index (χ0) is 13.3. The predicted octanol–water partition coefficient (Wildman–Crippen LogP) is 1.48. The van der Waals surface area contributed by atoms with E-state index >= 15 is 0 Å². The zero-order valence-corrected chi connectivity index (χ0v) is 11.6. The maximum absolute atomic E-state index is 10.9. The highest BCUT2D eigenvalue weighted by Gasteiger charge is 2.00. The lowest BCUT2D eigenvalue weighted by molar-refractivity contribution is 0.308. The highest BCUT2D eigenvalue weighted by atomic mass is 32.2. The number of benzene rings is 1. The van der Waals surface area contributed by atoms with Crippen LogP contribution in [0.5, 0.6) is 5.75 Å². The van der Waals surface area contributed by atoms with E-state index in [1.165, 1.54) is 6.26 Å². The fraction of sp³-hybridized carbons (Fsp3) is 0.538. The standard InChI is InChI=1S/C13H21NO3S/c1-18(15,16)12-6-10-14-9-5-11-17-13-7-3-2-4-8-13/h2-4,7-8,14H,5-6,9-12H2,1H3. The smallest absolute Gasteiger partial charge is 0.147 e. The Balaban J connectivity index is 1.93. The summed E-state index contributed by atoms with van der Waals surface area (Å²) in [6.45, 7) is 2.25. The quantitative estimate of drug-likeness (QED) is 0.691. The molecule has 0 saturated carbocycles. The first-order valence-electron chi connectivity index (χ1n) is 6.14. The van der Waals surface area contributed by atoms with Crippen molar-refractivity contribution < 1.29 is 13.2 Å². The molecule has 1 aromatic carbocycles. The van der Waals surface area contributed by atoms with Crippen molar-refractivity contribution in [2.75, 3.05) is 31.7 Å². The summed E-state index contributed by atoms with van der Waals surface area (Å²) in [7, 11) is -2.82. The number of hydrogen-bond donors (Lipinski definition) is 1. The summed E-state index contributed by atoms with van der Waals surface area (Å²) in [5.74, 6) is 1.13. The molecule has 4 nitrogen and oxygen atoms in total. The summed E-state index contributed by atoms with van der Waals surface area (Å²) in [5, 5.41) is 3.20. The van der Waals surface area contributed by atoms with E-state index in [1.54, 1.807) is 0 Å². The Morgan fingerprint density at radius 3 is 2.44 bits per heavy atom. The van der Waals surface area contributed by atoms with Crippen molar-refractivity contribution in [1.29, 1.82) is 0 Å². The second-order valence-electron chi connectivity index (χ2n) is 4.25. The van der Waals surface area contributed by atoms with E-state index < -0.39 is 9.84 Å². The SMILES string of the molecule is CS(=O)(=O)CCCNCCCOc1ccccc1. The van der Waals surface area contributed by atoms with Crippen LogP contribution in [0.1, 0.15) is 12.8 Å². The van der Waals surface area contributed by atoms with Crippen LogP contribution in [0.2, 0.25) is 0 Å².